The van der Waals surface area contributed by atoms with Crippen LogP contribution in [0, 0.1) is 20.8 Å². The Kier molecular flexibility index (Phi) is 5.73. The van der Waals surface area contributed by atoms with Crippen molar-refractivity contribution in [3.63, 3.8) is 0 Å². The van der Waals surface area contributed by atoms with Crippen LogP contribution in [0.3, 0.4) is 0 Å². The Hall–Kier alpha value is -1.93. The Labute approximate surface area is 140 Å². The van der Waals surface area contributed by atoms with E-state index in [4.69, 9.17) is 4.74 Å². The van der Waals surface area contributed by atoms with Crippen LogP contribution in [0.4, 0.5) is 10.5 Å². The molecule has 2 aromatic heterocycles. The van der Waals surface area contributed by atoms with E-state index >= 15 is 0 Å². The first-order valence-electron chi connectivity index (χ1n) is 7.45. The maximum absolute atomic E-state index is 12.2. The number of rotatable bonds is 6. The summed E-state index contributed by atoms with van der Waals surface area (Å²) < 4.78 is 6.90. The molecular formula is C15H23N5O2S. The van der Waals surface area contributed by atoms with Crippen molar-refractivity contribution in [3.8, 4) is 0 Å². The zero-order valence-electron chi connectivity index (χ0n) is 14.1. The standard InChI is InChI=1S/C15H23N5O2S/c1-9-8-16-14(23-9)11(3)17-15(21)18-13-10(2)19-20(12(13)4)6-7-22-5/h8,11H,6-7H2,1-5H3,(H2,17,18,21)/t11-/m1/s1. The van der Waals surface area contributed by atoms with Crippen LogP contribution in [-0.2, 0) is 11.3 Å². The molecule has 23 heavy (non-hydrogen) atoms. The highest BCUT2D eigenvalue weighted by atomic mass is 32.1. The number of urea groups is 1. The summed E-state index contributed by atoms with van der Waals surface area (Å²) in [6.45, 7) is 8.95. The summed E-state index contributed by atoms with van der Waals surface area (Å²) in [6, 6.07) is -0.402. The maximum atomic E-state index is 12.2. The second kappa shape index (κ2) is 7.56. The topological polar surface area (TPSA) is 81.1 Å². The number of thiazole rings is 1. The van der Waals surface area contributed by atoms with Crippen molar-refractivity contribution in [1.82, 2.24) is 20.1 Å². The Bertz CT molecular complexity index is 679. The van der Waals surface area contributed by atoms with Gasteiger partial charge in [-0.25, -0.2) is 9.78 Å². The van der Waals surface area contributed by atoms with Crippen LogP contribution >= 0.6 is 11.3 Å². The third kappa shape index (κ3) is 4.29. The summed E-state index contributed by atoms with van der Waals surface area (Å²) in [5.41, 5.74) is 2.43. The Morgan fingerprint density at radius 2 is 2.17 bits per heavy atom. The molecule has 0 spiro atoms. The molecule has 0 bridgehead atoms. The third-order valence-corrected chi connectivity index (χ3v) is 4.58. The minimum atomic E-state index is -0.261. The highest BCUT2D eigenvalue weighted by molar-refractivity contribution is 7.11. The second-order valence-electron chi connectivity index (χ2n) is 5.39. The zero-order valence-corrected chi connectivity index (χ0v) is 15.0. The smallest absolute Gasteiger partial charge is 0.319 e. The quantitative estimate of drug-likeness (QED) is 0.849. The van der Waals surface area contributed by atoms with Crippen LogP contribution in [0.1, 0.15) is 34.2 Å². The van der Waals surface area contributed by atoms with Crippen LogP contribution < -0.4 is 10.6 Å². The molecule has 0 aliphatic heterocycles. The van der Waals surface area contributed by atoms with Gasteiger partial charge in [-0.05, 0) is 27.7 Å². The van der Waals surface area contributed by atoms with E-state index in [2.05, 4.69) is 20.7 Å². The molecule has 0 unspecified atom stereocenters. The predicted molar refractivity (Wildman–Crippen MR) is 91.0 cm³/mol. The number of amides is 2. The number of methoxy groups -OCH3 is 1. The van der Waals surface area contributed by atoms with Crippen LogP contribution in [0.25, 0.3) is 0 Å². The van der Waals surface area contributed by atoms with Crippen molar-refractivity contribution in [1.29, 1.82) is 0 Å². The van der Waals surface area contributed by atoms with Crippen molar-refractivity contribution in [3.05, 3.63) is 27.5 Å². The van der Waals surface area contributed by atoms with Gasteiger partial charge in [0.25, 0.3) is 0 Å². The fourth-order valence-electron chi connectivity index (χ4n) is 2.25. The number of anilines is 1. The number of aryl methyl sites for hydroxylation is 2. The summed E-state index contributed by atoms with van der Waals surface area (Å²) in [6.07, 6.45) is 1.81. The van der Waals surface area contributed by atoms with Crippen molar-refractivity contribution in [2.24, 2.45) is 0 Å². The lowest BCUT2D eigenvalue weighted by Crippen LogP contribution is -2.31. The molecule has 2 heterocycles. The molecule has 0 aliphatic rings. The van der Waals surface area contributed by atoms with E-state index in [9.17, 15) is 4.79 Å². The molecule has 0 saturated carbocycles. The van der Waals surface area contributed by atoms with Crippen LogP contribution in [0.5, 0.6) is 0 Å². The fraction of sp³-hybridized carbons (Fsp3) is 0.533. The average molecular weight is 337 g/mol. The van der Waals surface area contributed by atoms with Gasteiger partial charge in [-0.1, -0.05) is 0 Å². The Morgan fingerprint density at radius 1 is 1.43 bits per heavy atom. The first kappa shape index (κ1) is 17.4. The molecule has 0 saturated heterocycles. The van der Waals surface area contributed by atoms with Crippen molar-refractivity contribution < 1.29 is 9.53 Å². The number of aromatic nitrogens is 3. The SMILES string of the molecule is COCCn1nc(C)c(NC(=O)N[C@H](C)c2ncc(C)s2)c1C. The molecule has 2 amide bonds. The molecule has 0 fully saturated rings. The van der Waals surface area contributed by atoms with Crippen LogP contribution in [0.2, 0.25) is 0 Å². The molecule has 2 aromatic rings. The van der Waals surface area contributed by atoms with Crippen molar-refractivity contribution in [2.45, 2.75) is 40.3 Å². The van der Waals surface area contributed by atoms with Crippen LogP contribution in [0.15, 0.2) is 6.20 Å². The highest BCUT2D eigenvalue weighted by Gasteiger charge is 2.17. The molecule has 0 radical (unpaired) electrons. The number of nitrogens with zero attached hydrogens (tertiary/aromatic N) is 3. The van der Waals surface area contributed by atoms with Gasteiger partial charge in [0.05, 0.1) is 36.3 Å². The second-order valence-corrected chi connectivity index (χ2v) is 6.66. The lowest BCUT2D eigenvalue weighted by atomic mass is 10.3. The molecule has 8 heteroatoms. The minimum Gasteiger partial charge on any atom is -0.383 e. The van der Waals surface area contributed by atoms with E-state index in [1.165, 1.54) is 0 Å². The maximum Gasteiger partial charge on any atom is 0.319 e. The van der Waals surface area contributed by atoms with Gasteiger partial charge in [0, 0.05) is 18.2 Å². The Balaban J connectivity index is 2.01. The largest absolute Gasteiger partial charge is 0.383 e. The van der Waals surface area contributed by atoms with Gasteiger partial charge in [-0.3, -0.25) is 4.68 Å². The summed E-state index contributed by atoms with van der Waals surface area (Å²) in [5, 5.41) is 11.1. The van der Waals surface area contributed by atoms with Gasteiger partial charge in [0.15, 0.2) is 0 Å². The van der Waals surface area contributed by atoms with Gasteiger partial charge >= 0.3 is 6.03 Å². The van der Waals surface area contributed by atoms with Crippen molar-refractivity contribution >= 4 is 23.1 Å². The van der Waals surface area contributed by atoms with E-state index in [1.807, 2.05) is 38.6 Å². The number of nitrogens with one attached hydrogen (secondary N) is 2. The van der Waals surface area contributed by atoms with Gasteiger partial charge in [0.1, 0.15) is 5.01 Å². The molecule has 0 aromatic carbocycles. The van der Waals surface area contributed by atoms with Gasteiger partial charge in [-0.2, -0.15) is 5.10 Å². The lowest BCUT2D eigenvalue weighted by Gasteiger charge is -2.12. The number of ether oxygens (including phenoxy) is 1. The first-order chi connectivity index (χ1) is 10.9. The molecule has 0 aliphatic carbocycles. The molecular weight excluding hydrogens is 314 g/mol. The minimum absolute atomic E-state index is 0.141. The van der Waals surface area contributed by atoms with E-state index in [-0.39, 0.29) is 12.1 Å². The first-order valence-corrected chi connectivity index (χ1v) is 8.26. The number of carbonyl (C=O) groups excluding carboxylic acids is 1. The molecule has 2 N–H and O–H groups in total. The molecule has 1 atom stereocenters. The summed E-state index contributed by atoms with van der Waals surface area (Å²) in [4.78, 5) is 17.6. The normalized spacial score (nSPS) is 12.2. The molecule has 2 rings (SSSR count). The van der Waals surface area contributed by atoms with Gasteiger partial charge in [0.2, 0.25) is 0 Å². The van der Waals surface area contributed by atoms with Gasteiger partial charge in [-0.15, -0.1) is 11.3 Å². The number of hydrogen-bond donors (Lipinski definition) is 2. The predicted octanol–water partition coefficient (Wildman–Crippen LogP) is 2.79. The monoisotopic (exact) mass is 337 g/mol. The number of carbonyl (C=O) groups is 1. The van der Waals surface area contributed by atoms with Crippen LogP contribution in [-0.4, -0.2) is 34.5 Å². The van der Waals surface area contributed by atoms with E-state index < -0.39 is 0 Å². The Morgan fingerprint density at radius 3 is 2.78 bits per heavy atom. The van der Waals surface area contributed by atoms with Gasteiger partial charge < -0.3 is 15.4 Å². The molecule has 7 nitrogen and oxygen atoms in total. The third-order valence-electron chi connectivity index (χ3n) is 3.48. The summed E-state index contributed by atoms with van der Waals surface area (Å²) >= 11 is 1.58. The number of hydrogen-bond acceptors (Lipinski definition) is 5. The average Bonchev–Trinajstić information content (AvgIpc) is 3.04. The van der Waals surface area contributed by atoms with E-state index in [0.717, 1.165) is 27.0 Å². The van der Waals surface area contributed by atoms with E-state index in [1.54, 1.807) is 18.4 Å². The van der Waals surface area contributed by atoms with Crippen molar-refractivity contribution in [2.75, 3.05) is 19.0 Å². The summed E-state index contributed by atoms with van der Waals surface area (Å²) in [5.74, 6) is 0. The molecule has 126 valence electrons. The highest BCUT2D eigenvalue weighted by Crippen LogP contribution is 2.21. The zero-order chi connectivity index (χ0) is 17.0. The van der Waals surface area contributed by atoms with E-state index in [0.29, 0.717) is 13.2 Å². The fourth-order valence-corrected chi connectivity index (χ4v) is 3.03. The lowest BCUT2D eigenvalue weighted by molar-refractivity contribution is 0.182. The summed E-state index contributed by atoms with van der Waals surface area (Å²) in [7, 11) is 1.65.